The van der Waals surface area contributed by atoms with Crippen molar-refractivity contribution in [3.8, 4) is 17.2 Å². The monoisotopic (exact) mass is 585 g/mol. The molecule has 2 aliphatic rings. The van der Waals surface area contributed by atoms with Crippen LogP contribution in [0.1, 0.15) is 24.0 Å². The average molecular weight is 586 g/mol. The summed E-state index contributed by atoms with van der Waals surface area (Å²) in [6.45, 7) is 1.48. The number of piperidine rings is 1. The molecule has 2 aromatic carbocycles. The van der Waals surface area contributed by atoms with Crippen molar-refractivity contribution in [2.45, 2.75) is 31.5 Å². The molecule has 2 N–H and O–H groups in total. The van der Waals surface area contributed by atoms with Gasteiger partial charge in [0.25, 0.3) is 5.82 Å². The number of hydrogen-bond acceptors (Lipinski definition) is 7. The Bertz CT molecular complexity index is 1710. The van der Waals surface area contributed by atoms with Gasteiger partial charge in [-0.2, -0.15) is 13.2 Å². The topological polar surface area (TPSA) is 127 Å². The van der Waals surface area contributed by atoms with E-state index < -0.39 is 23.0 Å². The first-order valence-electron chi connectivity index (χ1n) is 13.2. The van der Waals surface area contributed by atoms with Gasteiger partial charge >= 0.3 is 18.0 Å². The van der Waals surface area contributed by atoms with Crippen LogP contribution in [0.15, 0.2) is 57.9 Å². The molecule has 220 valence electrons. The number of H-pyrrole nitrogens is 1. The van der Waals surface area contributed by atoms with Gasteiger partial charge in [0, 0.05) is 43.2 Å². The fourth-order valence-electron chi connectivity index (χ4n) is 5.51. The highest BCUT2D eigenvalue weighted by Gasteiger charge is 2.36. The molecule has 2 aliphatic heterocycles. The number of halogens is 3. The van der Waals surface area contributed by atoms with Gasteiger partial charge in [0.2, 0.25) is 0 Å². The summed E-state index contributed by atoms with van der Waals surface area (Å²) >= 11 is 0. The van der Waals surface area contributed by atoms with Gasteiger partial charge in [0.15, 0.2) is 5.58 Å². The number of aromatic nitrogens is 2. The Morgan fingerprint density at radius 1 is 1.02 bits per heavy atom. The zero-order valence-electron chi connectivity index (χ0n) is 22.4. The standard InChI is InChI=1S/C28H26F3N5O6/c1-40-18-2-3-22-16(12-18)4-10-35(26(37)32-22)17-5-8-34(9-6-17)24-15-19(7-11-36(24)39)41-20-13-21(28(29,30)31)25-23(14-20)42-27(38)33-25/h2-3,7,11-15,17H,4-6,8-10H2,1H3,(H,32,37)(H,33,38). The molecule has 42 heavy (non-hydrogen) atoms. The second-order valence-electron chi connectivity index (χ2n) is 10.1. The van der Waals surface area contributed by atoms with Crippen LogP contribution < -0.4 is 30.2 Å². The highest BCUT2D eigenvalue weighted by Crippen LogP contribution is 2.38. The summed E-state index contributed by atoms with van der Waals surface area (Å²) in [6.07, 6.45) is -1.68. The molecular formula is C28H26F3N5O6. The number of pyridine rings is 1. The molecule has 6 rings (SSSR count). The molecule has 0 aliphatic carbocycles. The van der Waals surface area contributed by atoms with E-state index in [4.69, 9.17) is 13.9 Å². The lowest BCUT2D eigenvalue weighted by Crippen LogP contribution is -2.50. The number of hydrogen-bond donors (Lipinski definition) is 2. The lowest BCUT2D eigenvalue weighted by Gasteiger charge is -2.36. The van der Waals surface area contributed by atoms with Crippen LogP contribution in [-0.4, -0.2) is 48.7 Å². The van der Waals surface area contributed by atoms with Crippen LogP contribution in [0.25, 0.3) is 11.1 Å². The third-order valence-corrected chi connectivity index (χ3v) is 7.58. The molecule has 1 fully saturated rings. The Morgan fingerprint density at radius 3 is 2.55 bits per heavy atom. The van der Waals surface area contributed by atoms with Crippen molar-refractivity contribution in [1.29, 1.82) is 0 Å². The van der Waals surface area contributed by atoms with E-state index in [0.29, 0.717) is 43.6 Å². The van der Waals surface area contributed by atoms with Gasteiger partial charge in [-0.15, -0.1) is 0 Å². The van der Waals surface area contributed by atoms with Gasteiger partial charge in [-0.25, -0.2) is 14.3 Å². The van der Waals surface area contributed by atoms with E-state index in [-0.39, 0.29) is 35.0 Å². The zero-order valence-corrected chi connectivity index (χ0v) is 22.4. The SMILES string of the molecule is COc1ccc2c(c1)CCN(C1CCN(c3cc(Oc4cc(C(F)(F)F)c5[nH]c(=O)oc5c4)cc[n+]3[O-])CC1)C(=O)N2. The minimum atomic E-state index is -4.77. The number of nitrogens with zero attached hydrogens (tertiary/aromatic N) is 3. The van der Waals surface area contributed by atoms with Crippen molar-refractivity contribution >= 4 is 28.6 Å². The number of fused-ring (bicyclic) bond motifs is 2. The van der Waals surface area contributed by atoms with E-state index in [1.165, 1.54) is 24.4 Å². The molecule has 1 saturated heterocycles. The molecule has 4 heterocycles. The molecule has 0 unspecified atom stereocenters. The molecule has 4 aromatic rings. The van der Waals surface area contributed by atoms with Crippen LogP contribution in [0.5, 0.6) is 17.2 Å². The van der Waals surface area contributed by atoms with Crippen LogP contribution in [0, 0.1) is 5.21 Å². The number of aromatic amines is 1. The molecule has 0 saturated carbocycles. The number of nitrogens with one attached hydrogen (secondary N) is 2. The Labute approximate surface area is 236 Å². The Hall–Kier alpha value is -4.88. The maximum absolute atomic E-state index is 13.6. The summed E-state index contributed by atoms with van der Waals surface area (Å²) in [5.74, 6) is -0.121. The lowest BCUT2D eigenvalue weighted by atomic mass is 10.0. The van der Waals surface area contributed by atoms with E-state index >= 15 is 0 Å². The fraction of sp³-hybridized carbons (Fsp3) is 0.321. The Balaban J connectivity index is 1.16. The minimum absolute atomic E-state index is 0.0412. The van der Waals surface area contributed by atoms with Gasteiger partial charge in [0.05, 0.1) is 43.5 Å². The quantitative estimate of drug-likeness (QED) is 0.258. The van der Waals surface area contributed by atoms with E-state index in [1.807, 2.05) is 26.9 Å². The van der Waals surface area contributed by atoms with Crippen molar-refractivity contribution in [3.05, 3.63) is 75.5 Å². The Morgan fingerprint density at radius 2 is 1.81 bits per heavy atom. The number of alkyl halides is 3. The zero-order chi connectivity index (χ0) is 29.6. The Kier molecular flexibility index (Phi) is 6.83. The number of benzene rings is 2. The van der Waals surface area contributed by atoms with Crippen molar-refractivity contribution in [3.63, 3.8) is 0 Å². The molecule has 14 heteroatoms. The summed E-state index contributed by atoms with van der Waals surface area (Å²) in [4.78, 5) is 30.3. The highest BCUT2D eigenvalue weighted by atomic mass is 19.4. The van der Waals surface area contributed by atoms with Crippen LogP contribution in [0.4, 0.5) is 29.5 Å². The molecular weight excluding hydrogens is 559 g/mol. The van der Waals surface area contributed by atoms with E-state index in [0.717, 1.165) is 23.1 Å². The van der Waals surface area contributed by atoms with Crippen LogP contribution >= 0.6 is 0 Å². The number of carbonyl (C=O) groups excluding carboxylic acids is 1. The molecule has 2 aromatic heterocycles. The summed E-state index contributed by atoms with van der Waals surface area (Å²) in [6, 6.07) is 10.0. The second-order valence-corrected chi connectivity index (χ2v) is 10.1. The number of rotatable bonds is 5. The maximum Gasteiger partial charge on any atom is 0.418 e. The van der Waals surface area contributed by atoms with Crippen LogP contribution in [0.3, 0.4) is 0 Å². The summed E-state index contributed by atoms with van der Waals surface area (Å²) in [5, 5.41) is 15.7. The maximum atomic E-state index is 13.6. The fourth-order valence-corrected chi connectivity index (χ4v) is 5.51. The van der Waals surface area contributed by atoms with Gasteiger partial charge in [-0.3, -0.25) is 9.88 Å². The summed E-state index contributed by atoms with van der Waals surface area (Å²) < 4.78 is 57.3. The van der Waals surface area contributed by atoms with Crippen molar-refractivity contribution < 1.29 is 36.6 Å². The predicted molar refractivity (Wildman–Crippen MR) is 145 cm³/mol. The normalized spacial score (nSPS) is 16.2. The molecule has 0 spiro atoms. The number of amides is 2. The largest absolute Gasteiger partial charge is 0.711 e. The number of methoxy groups -OCH3 is 1. The molecule has 11 nitrogen and oxygen atoms in total. The first kappa shape index (κ1) is 27.3. The van der Waals surface area contributed by atoms with Gasteiger partial charge in [-0.05, 0) is 36.2 Å². The first-order valence-corrected chi connectivity index (χ1v) is 13.2. The van der Waals surface area contributed by atoms with Crippen LogP contribution in [0.2, 0.25) is 0 Å². The summed E-state index contributed by atoms with van der Waals surface area (Å²) in [7, 11) is 1.59. The predicted octanol–water partition coefficient (Wildman–Crippen LogP) is 4.63. The van der Waals surface area contributed by atoms with Crippen molar-refractivity contribution in [2.24, 2.45) is 0 Å². The molecule has 0 atom stereocenters. The average Bonchev–Trinajstić information content (AvgIpc) is 3.25. The third kappa shape index (κ3) is 5.27. The third-order valence-electron chi connectivity index (χ3n) is 7.58. The highest BCUT2D eigenvalue weighted by molar-refractivity contribution is 5.91. The number of oxazole rings is 1. The molecule has 0 bridgehead atoms. The van der Waals surface area contributed by atoms with Crippen molar-refractivity contribution in [2.75, 3.05) is 37.0 Å². The number of urea groups is 1. The summed E-state index contributed by atoms with van der Waals surface area (Å²) in [5.41, 5.74) is -0.146. The van der Waals surface area contributed by atoms with Crippen LogP contribution in [-0.2, 0) is 12.6 Å². The minimum Gasteiger partial charge on any atom is -0.711 e. The number of carbonyl (C=O) groups is 1. The van der Waals surface area contributed by atoms with Gasteiger partial charge in [0.1, 0.15) is 17.2 Å². The van der Waals surface area contributed by atoms with E-state index in [1.54, 1.807) is 13.2 Å². The number of ether oxygens (including phenoxy) is 2. The van der Waals surface area contributed by atoms with Crippen molar-refractivity contribution in [1.82, 2.24) is 9.88 Å². The lowest BCUT2D eigenvalue weighted by molar-refractivity contribution is -0.592. The van der Waals surface area contributed by atoms with E-state index in [2.05, 4.69) is 5.32 Å². The van der Waals surface area contributed by atoms with Gasteiger partial charge in [-0.1, -0.05) is 0 Å². The van der Waals surface area contributed by atoms with E-state index in [9.17, 15) is 28.0 Å². The smallest absolute Gasteiger partial charge is 0.418 e. The molecule has 2 amide bonds. The van der Waals surface area contributed by atoms with Gasteiger partial charge < -0.3 is 29.3 Å². The second kappa shape index (κ2) is 10.5. The molecule has 0 radical (unpaired) electrons. The first-order chi connectivity index (χ1) is 20.1. The number of anilines is 2.